The summed E-state index contributed by atoms with van der Waals surface area (Å²) in [5.74, 6) is 0. The number of rotatable bonds is 27. The molecule has 0 aliphatic rings. The van der Waals surface area contributed by atoms with Crippen LogP contribution >= 0.6 is 0 Å². The molecule has 9 N–H and O–H groups in total. The molecule has 0 saturated heterocycles. The number of ether oxygens (including phenoxy) is 6. The van der Waals surface area contributed by atoms with Crippen LogP contribution in [0.15, 0.2) is 0 Å². The van der Waals surface area contributed by atoms with E-state index in [0.29, 0.717) is 0 Å². The molecule has 0 aromatic carbocycles. The van der Waals surface area contributed by atoms with E-state index in [2.05, 4.69) is 5.32 Å². The van der Waals surface area contributed by atoms with Gasteiger partial charge in [-0.15, -0.1) is 0 Å². The SMILES string of the molecule is COC(CO)COC(CO)COC(CO)CNCC(CO)OCC(CO)OCC(CO)OCC(O)CO. The fourth-order valence-corrected chi connectivity index (χ4v) is 2.69. The Labute approximate surface area is 217 Å². The van der Waals surface area contributed by atoms with Gasteiger partial charge >= 0.3 is 0 Å². The molecular formula is C22H47NO14. The third-order valence-corrected chi connectivity index (χ3v) is 5.11. The highest BCUT2D eigenvalue weighted by atomic mass is 16.6. The van der Waals surface area contributed by atoms with Crippen LogP contribution in [0, 0.1) is 0 Å². The van der Waals surface area contributed by atoms with Gasteiger partial charge in [0.1, 0.15) is 30.5 Å². The van der Waals surface area contributed by atoms with Gasteiger partial charge in [0, 0.05) is 20.2 Å². The summed E-state index contributed by atoms with van der Waals surface area (Å²) >= 11 is 0. The van der Waals surface area contributed by atoms with Crippen molar-refractivity contribution >= 4 is 0 Å². The summed E-state index contributed by atoms with van der Waals surface area (Å²) in [6, 6.07) is 0. The molecule has 0 bridgehead atoms. The molecule has 0 rings (SSSR count). The summed E-state index contributed by atoms with van der Waals surface area (Å²) in [7, 11) is 1.43. The second kappa shape index (κ2) is 24.4. The Bertz CT molecular complexity index is 490. The molecule has 0 aliphatic carbocycles. The maximum atomic E-state index is 9.57. The first-order valence-corrected chi connectivity index (χ1v) is 12.2. The zero-order chi connectivity index (χ0) is 27.9. The fraction of sp³-hybridized carbons (Fsp3) is 1.00. The van der Waals surface area contributed by atoms with Crippen LogP contribution < -0.4 is 5.32 Å². The molecular weight excluding hydrogens is 502 g/mol. The van der Waals surface area contributed by atoms with E-state index in [1.807, 2.05) is 0 Å². The first-order chi connectivity index (χ1) is 17.9. The number of hydrogen-bond donors (Lipinski definition) is 9. The van der Waals surface area contributed by atoms with Crippen molar-refractivity contribution in [2.24, 2.45) is 0 Å². The van der Waals surface area contributed by atoms with Gasteiger partial charge in [-0.05, 0) is 0 Å². The monoisotopic (exact) mass is 549 g/mol. The Morgan fingerprint density at radius 2 is 0.784 bits per heavy atom. The van der Waals surface area contributed by atoms with Crippen molar-refractivity contribution in [3.05, 3.63) is 0 Å². The molecule has 0 amide bonds. The summed E-state index contributed by atoms with van der Waals surface area (Å²) in [5.41, 5.74) is 0. The van der Waals surface area contributed by atoms with Crippen LogP contribution in [0.25, 0.3) is 0 Å². The Morgan fingerprint density at radius 1 is 0.459 bits per heavy atom. The standard InChI is InChI=1S/C22H47NO14/c1-32-19(7-27)12-36-21(9-29)13-34-17(5-25)2-23-3-18(6-26)35-14-22(10-30)37-15-20(8-28)33-11-16(31)4-24/h16-31H,2-15H2,1H3. The molecule has 0 aliphatic heterocycles. The van der Waals surface area contributed by atoms with Crippen molar-refractivity contribution in [3.8, 4) is 0 Å². The lowest BCUT2D eigenvalue weighted by Crippen LogP contribution is -2.41. The third kappa shape index (κ3) is 18.3. The molecule has 37 heavy (non-hydrogen) atoms. The van der Waals surface area contributed by atoms with Crippen molar-refractivity contribution < 1.29 is 69.3 Å². The van der Waals surface area contributed by atoms with Gasteiger partial charge in [-0.3, -0.25) is 0 Å². The van der Waals surface area contributed by atoms with Crippen molar-refractivity contribution in [3.63, 3.8) is 0 Å². The van der Waals surface area contributed by atoms with Crippen LogP contribution in [0.3, 0.4) is 0 Å². The number of nitrogens with one attached hydrogen (secondary N) is 1. The number of hydrogen-bond acceptors (Lipinski definition) is 15. The Kier molecular flexibility index (Phi) is 24.0. The van der Waals surface area contributed by atoms with E-state index < -0.39 is 55.9 Å². The van der Waals surface area contributed by atoms with Crippen LogP contribution in [0.2, 0.25) is 0 Å². The van der Waals surface area contributed by atoms with Gasteiger partial charge in [-0.1, -0.05) is 0 Å². The second-order valence-electron chi connectivity index (χ2n) is 8.22. The molecule has 15 heteroatoms. The van der Waals surface area contributed by atoms with E-state index in [1.165, 1.54) is 7.11 Å². The third-order valence-electron chi connectivity index (χ3n) is 5.11. The van der Waals surface area contributed by atoms with Crippen molar-refractivity contribution in [2.45, 2.75) is 42.7 Å². The van der Waals surface area contributed by atoms with Crippen LogP contribution in [0.1, 0.15) is 0 Å². The predicted molar refractivity (Wildman–Crippen MR) is 128 cm³/mol. The molecule has 0 heterocycles. The lowest BCUT2D eigenvalue weighted by molar-refractivity contribution is -0.118. The highest BCUT2D eigenvalue weighted by molar-refractivity contribution is 4.68. The van der Waals surface area contributed by atoms with E-state index >= 15 is 0 Å². The molecule has 0 aromatic heterocycles. The molecule has 0 saturated carbocycles. The minimum atomic E-state index is -1.08. The summed E-state index contributed by atoms with van der Waals surface area (Å²) in [6.07, 6.45) is -5.08. The van der Waals surface area contributed by atoms with Crippen molar-refractivity contribution in [1.82, 2.24) is 5.32 Å². The maximum absolute atomic E-state index is 9.57. The van der Waals surface area contributed by atoms with E-state index in [1.54, 1.807) is 0 Å². The van der Waals surface area contributed by atoms with E-state index in [0.717, 1.165) is 0 Å². The number of aliphatic hydroxyl groups excluding tert-OH is 8. The summed E-state index contributed by atoms with van der Waals surface area (Å²) in [4.78, 5) is 0. The van der Waals surface area contributed by atoms with Gasteiger partial charge in [-0.25, -0.2) is 0 Å². The second-order valence-corrected chi connectivity index (χ2v) is 8.22. The van der Waals surface area contributed by atoms with Crippen molar-refractivity contribution in [2.75, 3.05) is 99.5 Å². The minimum Gasteiger partial charge on any atom is -0.394 e. The van der Waals surface area contributed by atoms with Gasteiger partial charge in [0.05, 0.1) is 91.5 Å². The maximum Gasteiger partial charge on any atom is 0.104 e. The molecule has 15 nitrogen and oxygen atoms in total. The molecule has 224 valence electrons. The topological polar surface area (TPSA) is 229 Å². The molecule has 7 atom stereocenters. The predicted octanol–water partition coefficient (Wildman–Crippen LogP) is -5.18. The highest BCUT2D eigenvalue weighted by Gasteiger charge is 2.19. The van der Waals surface area contributed by atoms with Crippen LogP contribution in [-0.2, 0) is 28.4 Å². The largest absolute Gasteiger partial charge is 0.394 e. The van der Waals surface area contributed by atoms with Gasteiger partial charge < -0.3 is 74.6 Å². The van der Waals surface area contributed by atoms with E-state index in [4.69, 9.17) is 38.6 Å². The first kappa shape index (κ1) is 36.4. The average Bonchev–Trinajstić information content (AvgIpc) is 2.93. The lowest BCUT2D eigenvalue weighted by atomic mass is 10.3. The molecule has 7 unspecified atom stereocenters. The number of aliphatic hydroxyl groups is 8. The zero-order valence-electron chi connectivity index (χ0n) is 21.5. The quantitative estimate of drug-likeness (QED) is 0.0466. The Balaban J connectivity index is 4.33. The summed E-state index contributed by atoms with van der Waals surface area (Å²) in [6.45, 7) is -2.32. The average molecular weight is 550 g/mol. The zero-order valence-corrected chi connectivity index (χ0v) is 21.5. The highest BCUT2D eigenvalue weighted by Crippen LogP contribution is 2.03. The first-order valence-electron chi connectivity index (χ1n) is 12.2. The van der Waals surface area contributed by atoms with Crippen LogP contribution in [0.4, 0.5) is 0 Å². The molecule has 0 radical (unpaired) electrons. The van der Waals surface area contributed by atoms with Crippen molar-refractivity contribution in [1.29, 1.82) is 0 Å². The molecule has 0 aromatic rings. The smallest absolute Gasteiger partial charge is 0.104 e. The van der Waals surface area contributed by atoms with E-state index in [-0.39, 0.29) is 79.2 Å². The van der Waals surface area contributed by atoms with Gasteiger partial charge in [0.25, 0.3) is 0 Å². The molecule has 0 fully saturated rings. The van der Waals surface area contributed by atoms with Crippen LogP contribution in [0.5, 0.6) is 0 Å². The van der Waals surface area contributed by atoms with Gasteiger partial charge in [0.15, 0.2) is 0 Å². The lowest BCUT2D eigenvalue weighted by Gasteiger charge is -2.24. The van der Waals surface area contributed by atoms with Gasteiger partial charge in [-0.2, -0.15) is 0 Å². The summed E-state index contributed by atoms with van der Waals surface area (Å²) < 4.78 is 32.2. The normalized spacial score (nSPS) is 17.8. The Morgan fingerprint density at radius 3 is 1.11 bits per heavy atom. The Hall–Kier alpha value is -0.600. The number of methoxy groups -OCH3 is 1. The summed E-state index contributed by atoms with van der Waals surface area (Å²) in [5, 5.41) is 77.6. The molecule has 0 spiro atoms. The fourth-order valence-electron chi connectivity index (χ4n) is 2.69. The van der Waals surface area contributed by atoms with E-state index in [9.17, 15) is 30.6 Å². The minimum absolute atomic E-state index is 0.00176. The van der Waals surface area contributed by atoms with Gasteiger partial charge in [0.2, 0.25) is 0 Å². The van der Waals surface area contributed by atoms with Crippen LogP contribution in [-0.4, -0.2) is 183 Å².